The van der Waals surface area contributed by atoms with Gasteiger partial charge < -0.3 is 9.84 Å². The summed E-state index contributed by atoms with van der Waals surface area (Å²) < 4.78 is 5.93. The molecule has 3 nitrogen and oxygen atoms in total. The van der Waals surface area contributed by atoms with Crippen LogP contribution in [0.3, 0.4) is 0 Å². The van der Waals surface area contributed by atoms with Crippen LogP contribution < -0.4 is 4.74 Å². The summed E-state index contributed by atoms with van der Waals surface area (Å²) in [6.45, 7) is 10.3. The zero-order valence-corrected chi connectivity index (χ0v) is 15.1. The third-order valence-electron chi connectivity index (χ3n) is 4.36. The molecule has 0 unspecified atom stereocenters. The largest absolute Gasteiger partial charge is 0.478 e. The fraction of sp³-hybridized carbons (Fsp3) is 0.381. The van der Waals surface area contributed by atoms with Gasteiger partial charge in [-0.3, -0.25) is 0 Å². The molecule has 1 N–H and O–H groups in total. The van der Waals surface area contributed by atoms with Gasteiger partial charge in [0, 0.05) is 6.42 Å². The van der Waals surface area contributed by atoms with Crippen molar-refractivity contribution in [2.75, 3.05) is 0 Å². The summed E-state index contributed by atoms with van der Waals surface area (Å²) in [4.78, 5) is 11.7. The van der Waals surface area contributed by atoms with Gasteiger partial charge in [0.1, 0.15) is 5.75 Å². The van der Waals surface area contributed by atoms with E-state index in [1.165, 1.54) is 0 Å². The van der Waals surface area contributed by atoms with E-state index in [4.69, 9.17) is 4.74 Å². The average Bonchev–Trinajstić information content (AvgIpc) is 2.50. The van der Waals surface area contributed by atoms with Gasteiger partial charge in [-0.05, 0) is 47.6 Å². The molecule has 0 fully saturated rings. The van der Waals surface area contributed by atoms with Gasteiger partial charge in [0.15, 0.2) is 6.10 Å². The maximum atomic E-state index is 11.7. The number of carboxylic acids is 1. The van der Waals surface area contributed by atoms with E-state index >= 15 is 0 Å². The molecule has 1 atom stereocenters. The number of aryl methyl sites for hydroxylation is 1. The van der Waals surface area contributed by atoms with Crippen LogP contribution >= 0.6 is 0 Å². The van der Waals surface area contributed by atoms with Crippen LogP contribution in [-0.2, 0) is 16.6 Å². The average molecular weight is 326 g/mol. The van der Waals surface area contributed by atoms with E-state index in [1.807, 2.05) is 56.3 Å². The summed E-state index contributed by atoms with van der Waals surface area (Å²) in [7, 11) is 0. The Balaban J connectivity index is 2.31. The predicted octanol–water partition coefficient (Wildman–Crippen LogP) is 4.68. The smallest absolute Gasteiger partial charge is 0.345 e. The highest BCUT2D eigenvalue weighted by atomic mass is 16.5. The Hall–Kier alpha value is -2.29. The molecule has 128 valence electrons. The molecular formula is C21H26O3. The van der Waals surface area contributed by atoms with Crippen molar-refractivity contribution in [1.29, 1.82) is 0 Å². The number of para-hydroxylation sites is 1. The molecule has 0 radical (unpaired) electrons. The number of carboxylic acid groups (broad SMARTS) is 1. The molecule has 0 saturated heterocycles. The van der Waals surface area contributed by atoms with Crippen LogP contribution in [0.2, 0.25) is 0 Å². The van der Waals surface area contributed by atoms with Crippen molar-refractivity contribution in [3.8, 4) is 5.75 Å². The minimum absolute atomic E-state index is 0.112. The number of hydrogen-bond donors (Lipinski definition) is 1. The second-order valence-corrected chi connectivity index (χ2v) is 7.25. The molecule has 0 spiro atoms. The molecule has 0 bridgehead atoms. The molecule has 0 aliphatic carbocycles. The van der Waals surface area contributed by atoms with Gasteiger partial charge in [0.25, 0.3) is 0 Å². The van der Waals surface area contributed by atoms with Crippen molar-refractivity contribution in [3.63, 3.8) is 0 Å². The molecule has 0 aromatic heterocycles. The van der Waals surface area contributed by atoms with Crippen LogP contribution in [0, 0.1) is 13.8 Å². The number of rotatable bonds is 5. The standard InChI is InChI=1S/C21H26O3/c1-14-9-8-10-16(15(14)2)13-19(20(22)23)24-18-12-7-6-11-17(18)21(3,4)5/h6-12,19H,13H2,1-5H3,(H,22,23)/t19-/m1/s1. The van der Waals surface area contributed by atoms with Crippen molar-refractivity contribution in [3.05, 3.63) is 64.7 Å². The summed E-state index contributed by atoms with van der Waals surface area (Å²) >= 11 is 0. The van der Waals surface area contributed by atoms with Crippen molar-refractivity contribution in [2.24, 2.45) is 0 Å². The molecule has 2 aromatic carbocycles. The summed E-state index contributed by atoms with van der Waals surface area (Å²) in [6, 6.07) is 13.6. The van der Waals surface area contributed by atoms with E-state index < -0.39 is 12.1 Å². The van der Waals surface area contributed by atoms with E-state index in [0.717, 1.165) is 22.3 Å². The highest BCUT2D eigenvalue weighted by Gasteiger charge is 2.25. The van der Waals surface area contributed by atoms with E-state index in [9.17, 15) is 9.90 Å². The maximum absolute atomic E-state index is 11.7. The summed E-state index contributed by atoms with van der Waals surface area (Å²) in [5, 5.41) is 9.62. The van der Waals surface area contributed by atoms with Crippen LogP contribution in [0.1, 0.15) is 43.0 Å². The van der Waals surface area contributed by atoms with Gasteiger partial charge in [-0.25, -0.2) is 4.79 Å². The topological polar surface area (TPSA) is 46.5 Å². The van der Waals surface area contributed by atoms with Gasteiger partial charge >= 0.3 is 5.97 Å². The monoisotopic (exact) mass is 326 g/mol. The Morgan fingerprint density at radius 2 is 1.75 bits per heavy atom. The zero-order chi connectivity index (χ0) is 17.9. The molecular weight excluding hydrogens is 300 g/mol. The summed E-state index contributed by atoms with van der Waals surface area (Å²) in [5.74, 6) is -0.303. The SMILES string of the molecule is Cc1cccc(C[C@@H](Oc2ccccc2C(C)(C)C)C(=O)O)c1C. The van der Waals surface area contributed by atoms with Crippen LogP contribution in [0.15, 0.2) is 42.5 Å². The van der Waals surface area contributed by atoms with E-state index in [1.54, 1.807) is 0 Å². The van der Waals surface area contributed by atoms with Gasteiger partial charge in [0.2, 0.25) is 0 Å². The lowest BCUT2D eigenvalue weighted by molar-refractivity contribution is -0.145. The minimum Gasteiger partial charge on any atom is -0.478 e. The minimum atomic E-state index is -0.945. The van der Waals surface area contributed by atoms with Crippen molar-refractivity contribution in [1.82, 2.24) is 0 Å². The van der Waals surface area contributed by atoms with Crippen molar-refractivity contribution in [2.45, 2.75) is 52.6 Å². The van der Waals surface area contributed by atoms with E-state index in [-0.39, 0.29) is 5.41 Å². The first kappa shape index (κ1) is 18.1. The lowest BCUT2D eigenvalue weighted by atomic mass is 9.86. The van der Waals surface area contributed by atoms with Gasteiger partial charge in [-0.1, -0.05) is 57.2 Å². The van der Waals surface area contributed by atoms with Gasteiger partial charge in [0.05, 0.1) is 0 Å². The predicted molar refractivity (Wildman–Crippen MR) is 96.8 cm³/mol. The second-order valence-electron chi connectivity index (χ2n) is 7.25. The van der Waals surface area contributed by atoms with Crippen molar-refractivity contribution >= 4 is 5.97 Å². The second kappa shape index (κ2) is 7.08. The quantitative estimate of drug-likeness (QED) is 0.868. The first-order chi connectivity index (χ1) is 11.2. The van der Waals surface area contributed by atoms with Crippen LogP contribution in [0.5, 0.6) is 5.75 Å². The third-order valence-corrected chi connectivity index (χ3v) is 4.36. The summed E-state index contributed by atoms with van der Waals surface area (Å²) in [5.41, 5.74) is 4.19. The first-order valence-electron chi connectivity index (χ1n) is 8.24. The molecule has 0 saturated carbocycles. The van der Waals surface area contributed by atoms with Crippen LogP contribution in [0.4, 0.5) is 0 Å². The molecule has 24 heavy (non-hydrogen) atoms. The van der Waals surface area contributed by atoms with Gasteiger partial charge in [-0.2, -0.15) is 0 Å². The third kappa shape index (κ3) is 4.16. The first-order valence-corrected chi connectivity index (χ1v) is 8.24. The number of ether oxygens (including phenoxy) is 1. The Kier molecular flexibility index (Phi) is 5.33. The lowest BCUT2D eigenvalue weighted by Crippen LogP contribution is -2.30. The van der Waals surface area contributed by atoms with E-state index in [0.29, 0.717) is 12.2 Å². The fourth-order valence-electron chi connectivity index (χ4n) is 2.75. The highest BCUT2D eigenvalue weighted by Crippen LogP contribution is 2.32. The maximum Gasteiger partial charge on any atom is 0.345 e. The fourth-order valence-corrected chi connectivity index (χ4v) is 2.75. The normalized spacial score (nSPS) is 12.7. The van der Waals surface area contributed by atoms with Gasteiger partial charge in [-0.15, -0.1) is 0 Å². The Bertz CT molecular complexity index is 726. The van der Waals surface area contributed by atoms with Crippen LogP contribution in [-0.4, -0.2) is 17.2 Å². The Morgan fingerprint density at radius 1 is 1.08 bits per heavy atom. The number of carbonyl (C=O) groups is 1. The summed E-state index contributed by atoms with van der Waals surface area (Å²) in [6.07, 6.45) is -0.560. The van der Waals surface area contributed by atoms with Crippen molar-refractivity contribution < 1.29 is 14.6 Å². The Morgan fingerprint density at radius 3 is 2.38 bits per heavy atom. The molecule has 0 amide bonds. The molecule has 2 rings (SSSR count). The molecule has 0 aliphatic rings. The molecule has 2 aromatic rings. The van der Waals surface area contributed by atoms with Crippen LogP contribution in [0.25, 0.3) is 0 Å². The zero-order valence-electron chi connectivity index (χ0n) is 15.1. The lowest BCUT2D eigenvalue weighted by Gasteiger charge is -2.25. The number of hydrogen-bond acceptors (Lipinski definition) is 2. The molecule has 0 aliphatic heterocycles. The number of aliphatic carboxylic acids is 1. The molecule has 0 heterocycles. The molecule has 3 heteroatoms. The van der Waals surface area contributed by atoms with E-state index in [2.05, 4.69) is 20.8 Å². The number of benzene rings is 2. The Labute approximate surface area is 144 Å². The highest BCUT2D eigenvalue weighted by molar-refractivity contribution is 5.73.